The third-order valence-corrected chi connectivity index (χ3v) is 6.64. The van der Waals surface area contributed by atoms with Crippen LogP contribution in [-0.4, -0.2) is 29.4 Å². The molecule has 0 saturated heterocycles. The molecule has 29 heavy (non-hydrogen) atoms. The Morgan fingerprint density at radius 2 is 1.83 bits per heavy atom. The number of carbonyl (C=O) groups excluding carboxylic acids is 1. The molecule has 1 saturated carbocycles. The SMILES string of the molecule is Cc1ccn(-c2ccccc2CNC(=O)c2ccccc2NS(=O)(=O)C2CC2)n1. The van der Waals surface area contributed by atoms with E-state index in [-0.39, 0.29) is 17.7 Å². The number of amides is 1. The van der Waals surface area contributed by atoms with Gasteiger partial charge in [-0.25, -0.2) is 13.1 Å². The van der Waals surface area contributed by atoms with E-state index < -0.39 is 10.0 Å². The maximum Gasteiger partial charge on any atom is 0.253 e. The molecule has 0 radical (unpaired) electrons. The van der Waals surface area contributed by atoms with Crippen LogP contribution in [-0.2, 0) is 16.6 Å². The van der Waals surface area contributed by atoms with Crippen LogP contribution in [0, 0.1) is 6.92 Å². The van der Waals surface area contributed by atoms with Gasteiger partial charge in [-0.15, -0.1) is 0 Å². The molecular formula is C21H22N4O3S. The second-order valence-electron chi connectivity index (χ2n) is 7.11. The van der Waals surface area contributed by atoms with Gasteiger partial charge < -0.3 is 5.32 Å². The zero-order valence-electron chi connectivity index (χ0n) is 16.0. The molecule has 1 fully saturated rings. The molecule has 0 atom stereocenters. The largest absolute Gasteiger partial charge is 0.348 e. The van der Waals surface area contributed by atoms with Crippen LogP contribution >= 0.6 is 0 Å². The van der Waals surface area contributed by atoms with Crippen molar-refractivity contribution in [3.05, 3.63) is 77.6 Å². The first kappa shape index (κ1) is 19.2. The Labute approximate surface area is 169 Å². The number of para-hydroxylation sites is 2. The minimum absolute atomic E-state index is 0.289. The molecule has 4 rings (SSSR count). The Balaban J connectivity index is 1.52. The highest BCUT2D eigenvalue weighted by Crippen LogP contribution is 2.30. The molecule has 0 bridgehead atoms. The van der Waals surface area contributed by atoms with Crippen LogP contribution in [0.5, 0.6) is 0 Å². The fraction of sp³-hybridized carbons (Fsp3) is 0.238. The van der Waals surface area contributed by atoms with Crippen molar-refractivity contribution in [2.45, 2.75) is 31.6 Å². The van der Waals surface area contributed by atoms with E-state index in [2.05, 4.69) is 15.1 Å². The predicted molar refractivity (Wildman–Crippen MR) is 111 cm³/mol. The van der Waals surface area contributed by atoms with Crippen molar-refractivity contribution in [1.29, 1.82) is 0 Å². The number of hydrogen-bond acceptors (Lipinski definition) is 4. The average Bonchev–Trinajstić information content (AvgIpc) is 3.49. The number of aromatic nitrogens is 2. The van der Waals surface area contributed by atoms with Crippen LogP contribution in [0.25, 0.3) is 5.69 Å². The van der Waals surface area contributed by atoms with Gasteiger partial charge in [-0.1, -0.05) is 30.3 Å². The second kappa shape index (κ2) is 7.71. The minimum Gasteiger partial charge on any atom is -0.348 e. The lowest BCUT2D eigenvalue weighted by atomic mass is 10.1. The molecule has 8 heteroatoms. The molecule has 1 amide bonds. The van der Waals surface area contributed by atoms with Gasteiger partial charge >= 0.3 is 0 Å². The quantitative estimate of drug-likeness (QED) is 0.626. The lowest BCUT2D eigenvalue weighted by Gasteiger charge is -2.14. The van der Waals surface area contributed by atoms with E-state index in [1.807, 2.05) is 43.5 Å². The smallest absolute Gasteiger partial charge is 0.253 e. The summed E-state index contributed by atoms with van der Waals surface area (Å²) in [6.45, 7) is 2.21. The highest BCUT2D eigenvalue weighted by atomic mass is 32.2. The van der Waals surface area contributed by atoms with Crippen molar-refractivity contribution in [2.75, 3.05) is 4.72 Å². The Bertz CT molecular complexity index is 1150. The molecule has 1 aliphatic carbocycles. The van der Waals surface area contributed by atoms with E-state index in [1.54, 1.807) is 28.9 Å². The highest BCUT2D eigenvalue weighted by molar-refractivity contribution is 7.93. The zero-order chi connectivity index (χ0) is 20.4. The Hall–Kier alpha value is -3.13. The van der Waals surface area contributed by atoms with Crippen LogP contribution in [0.15, 0.2) is 60.8 Å². The number of sulfonamides is 1. The summed E-state index contributed by atoms with van der Waals surface area (Å²) in [5.74, 6) is -0.342. The molecule has 0 spiro atoms. The summed E-state index contributed by atoms with van der Waals surface area (Å²) in [5, 5.41) is 6.96. The Morgan fingerprint density at radius 3 is 2.55 bits per heavy atom. The maximum absolute atomic E-state index is 12.8. The third-order valence-electron chi connectivity index (χ3n) is 4.79. The van der Waals surface area contributed by atoms with Crippen LogP contribution in [0.2, 0.25) is 0 Å². The van der Waals surface area contributed by atoms with E-state index in [9.17, 15) is 13.2 Å². The third kappa shape index (κ3) is 4.32. The normalized spacial score (nSPS) is 13.8. The number of aryl methyl sites for hydroxylation is 1. The van der Waals surface area contributed by atoms with Crippen molar-refractivity contribution in [1.82, 2.24) is 15.1 Å². The Kier molecular flexibility index (Phi) is 5.10. The van der Waals surface area contributed by atoms with Gasteiger partial charge in [-0.3, -0.25) is 9.52 Å². The zero-order valence-corrected chi connectivity index (χ0v) is 16.8. The first-order valence-corrected chi connectivity index (χ1v) is 11.0. The van der Waals surface area contributed by atoms with Gasteiger partial charge in [0.25, 0.3) is 5.91 Å². The number of nitrogens with zero attached hydrogens (tertiary/aromatic N) is 2. The van der Waals surface area contributed by atoms with Gasteiger partial charge in [-0.05, 0) is 49.6 Å². The lowest BCUT2D eigenvalue weighted by molar-refractivity contribution is 0.0952. The molecular weight excluding hydrogens is 388 g/mol. The Morgan fingerprint density at radius 1 is 1.10 bits per heavy atom. The van der Waals surface area contributed by atoms with Crippen LogP contribution in [0.3, 0.4) is 0 Å². The van der Waals surface area contributed by atoms with Gasteiger partial charge in [0.15, 0.2) is 0 Å². The standard InChI is InChI=1S/C21H22N4O3S/c1-15-12-13-25(23-15)20-9-5-2-6-16(20)14-22-21(26)18-7-3-4-8-19(18)24-29(27,28)17-10-11-17/h2-9,12-13,17,24H,10-11,14H2,1H3,(H,22,26). The van der Waals surface area contributed by atoms with Gasteiger partial charge in [-0.2, -0.15) is 5.10 Å². The second-order valence-corrected chi connectivity index (χ2v) is 9.07. The lowest BCUT2D eigenvalue weighted by Crippen LogP contribution is -2.26. The van der Waals surface area contributed by atoms with Crippen molar-refractivity contribution in [3.8, 4) is 5.69 Å². The summed E-state index contributed by atoms with van der Waals surface area (Å²) in [5.41, 5.74) is 3.28. The van der Waals surface area contributed by atoms with Crippen LogP contribution in [0.1, 0.15) is 34.5 Å². The minimum atomic E-state index is -3.45. The van der Waals surface area contributed by atoms with Crippen molar-refractivity contribution in [2.24, 2.45) is 0 Å². The summed E-state index contributed by atoms with van der Waals surface area (Å²) in [4.78, 5) is 12.8. The first-order valence-electron chi connectivity index (χ1n) is 9.43. The monoisotopic (exact) mass is 410 g/mol. The molecule has 1 aromatic heterocycles. The molecule has 0 aliphatic heterocycles. The summed E-state index contributed by atoms with van der Waals surface area (Å²) in [6.07, 6.45) is 3.19. The summed E-state index contributed by atoms with van der Waals surface area (Å²) in [6, 6.07) is 16.2. The number of rotatable bonds is 7. The number of nitrogens with one attached hydrogen (secondary N) is 2. The summed E-state index contributed by atoms with van der Waals surface area (Å²) in [7, 11) is -3.45. The van der Waals surface area contributed by atoms with Gasteiger partial charge in [0.05, 0.1) is 27.9 Å². The number of carbonyl (C=O) groups is 1. The van der Waals surface area contributed by atoms with E-state index in [0.29, 0.717) is 24.1 Å². The predicted octanol–water partition coefficient (Wildman–Crippen LogP) is 3.01. The molecule has 1 aliphatic rings. The van der Waals surface area contributed by atoms with E-state index in [1.165, 1.54) is 0 Å². The topological polar surface area (TPSA) is 93.1 Å². The fourth-order valence-corrected chi connectivity index (χ4v) is 4.50. The van der Waals surface area contributed by atoms with Crippen LogP contribution < -0.4 is 10.0 Å². The van der Waals surface area contributed by atoms with Gasteiger partial charge in [0, 0.05) is 12.7 Å². The molecule has 1 heterocycles. The molecule has 7 nitrogen and oxygen atoms in total. The van der Waals surface area contributed by atoms with Crippen molar-refractivity contribution in [3.63, 3.8) is 0 Å². The van der Waals surface area contributed by atoms with Crippen LogP contribution in [0.4, 0.5) is 5.69 Å². The van der Waals surface area contributed by atoms with Gasteiger partial charge in [0.2, 0.25) is 10.0 Å². The number of benzene rings is 2. The van der Waals surface area contributed by atoms with E-state index in [4.69, 9.17) is 0 Å². The number of hydrogen-bond donors (Lipinski definition) is 2. The summed E-state index contributed by atoms with van der Waals surface area (Å²) < 4.78 is 28.9. The highest BCUT2D eigenvalue weighted by Gasteiger charge is 2.36. The fourth-order valence-electron chi connectivity index (χ4n) is 3.09. The van der Waals surface area contributed by atoms with E-state index >= 15 is 0 Å². The van der Waals surface area contributed by atoms with Crippen molar-refractivity contribution < 1.29 is 13.2 Å². The molecule has 3 aromatic rings. The van der Waals surface area contributed by atoms with E-state index in [0.717, 1.165) is 16.9 Å². The maximum atomic E-state index is 12.8. The van der Waals surface area contributed by atoms with Gasteiger partial charge in [0.1, 0.15) is 0 Å². The number of anilines is 1. The molecule has 2 aromatic carbocycles. The first-order chi connectivity index (χ1) is 13.9. The molecule has 0 unspecified atom stereocenters. The summed E-state index contributed by atoms with van der Waals surface area (Å²) >= 11 is 0. The van der Waals surface area contributed by atoms with Crippen molar-refractivity contribution >= 4 is 21.6 Å². The molecule has 150 valence electrons. The molecule has 2 N–H and O–H groups in total. The average molecular weight is 410 g/mol.